The molecule has 1 aliphatic carbocycles. The summed E-state index contributed by atoms with van der Waals surface area (Å²) in [5.41, 5.74) is 3.49. The number of amides is 3. The molecular formula is C54H72F3N11O4. The minimum atomic E-state index is -4.62. The number of hydrogen-bond donors (Lipinski definition) is 2. The van der Waals surface area contributed by atoms with E-state index in [-0.39, 0.29) is 17.3 Å². The average Bonchev–Trinajstić information content (AvgIpc) is 4.05. The lowest BCUT2D eigenvalue weighted by Gasteiger charge is -2.40. The number of hydrogen-bond acceptors (Lipinski definition) is 10. The van der Waals surface area contributed by atoms with E-state index in [2.05, 4.69) is 52.6 Å². The van der Waals surface area contributed by atoms with Crippen molar-refractivity contribution in [2.75, 3.05) is 70.3 Å². The SMILES string of the molecule is C1CCC1.CCCCC(=O)NC=O.Cn1cnnc1Cc1cccc(-n2cc3c(C(F)(F)F)cc(CN4CCC(CCN5CCC(CN6CCN(c7ccc8c(c7)CNC8=O)CC6)CC5)CC4)cn3c2=O)c1. The van der Waals surface area contributed by atoms with Crippen LogP contribution in [0.2, 0.25) is 0 Å². The van der Waals surface area contributed by atoms with Crippen molar-refractivity contribution in [1.29, 1.82) is 0 Å². The van der Waals surface area contributed by atoms with Crippen LogP contribution in [0, 0.1) is 11.8 Å². The van der Waals surface area contributed by atoms with Crippen molar-refractivity contribution >= 4 is 29.4 Å². The Morgan fingerprint density at radius 1 is 0.833 bits per heavy atom. The van der Waals surface area contributed by atoms with Crippen LogP contribution < -0.4 is 21.2 Å². The highest BCUT2D eigenvalue weighted by Gasteiger charge is 2.35. The maximum atomic E-state index is 14.5. The van der Waals surface area contributed by atoms with Crippen LogP contribution in [0.3, 0.4) is 0 Å². The average molecular weight is 996 g/mol. The van der Waals surface area contributed by atoms with E-state index in [1.54, 1.807) is 30.7 Å². The fourth-order valence-corrected chi connectivity index (χ4v) is 10.4. The molecule has 5 aromatic rings. The van der Waals surface area contributed by atoms with Crippen molar-refractivity contribution in [3.63, 3.8) is 0 Å². The Morgan fingerprint density at radius 2 is 1.56 bits per heavy atom. The molecule has 7 heterocycles. The van der Waals surface area contributed by atoms with Crippen molar-refractivity contribution in [3.8, 4) is 5.69 Å². The number of piperidine rings is 2. The highest BCUT2D eigenvalue weighted by molar-refractivity contribution is 5.98. The third kappa shape index (κ3) is 13.8. The Hall–Kier alpha value is -5.85. The summed E-state index contributed by atoms with van der Waals surface area (Å²) in [7, 11) is 1.85. The molecule has 4 aliphatic heterocycles. The third-order valence-electron chi connectivity index (χ3n) is 15.2. The molecule has 0 radical (unpaired) electrons. The lowest BCUT2D eigenvalue weighted by Crippen LogP contribution is -2.49. The number of imidazole rings is 1. The Labute approximate surface area is 420 Å². The van der Waals surface area contributed by atoms with E-state index in [1.165, 1.54) is 67.6 Å². The second-order valence-electron chi connectivity index (χ2n) is 20.3. The van der Waals surface area contributed by atoms with Gasteiger partial charge in [0.15, 0.2) is 0 Å². The number of likely N-dealkylation sites (tertiary alicyclic amines) is 2. The molecule has 5 aliphatic rings. The Kier molecular flexibility index (Phi) is 18.0. The van der Waals surface area contributed by atoms with E-state index in [0.29, 0.717) is 49.5 Å². The molecule has 0 spiro atoms. The molecule has 3 amide bonds. The number of carbonyl (C=O) groups is 3. The molecule has 0 bridgehead atoms. The topological polar surface area (TPSA) is 145 Å². The zero-order valence-corrected chi connectivity index (χ0v) is 42.1. The second kappa shape index (κ2) is 24.7. The summed E-state index contributed by atoms with van der Waals surface area (Å²) in [6, 6.07) is 14.7. The minimum absolute atomic E-state index is 0.0315. The summed E-state index contributed by atoms with van der Waals surface area (Å²) in [6.07, 6.45) is 14.7. The van der Waals surface area contributed by atoms with E-state index >= 15 is 0 Å². The standard InChI is InChI=1S/C44H53F3N10O2.C6H11NO2.C4H8/c1-51-30-49-50-41(51)23-33-3-2-4-37(21-33)56-29-40-39(44(45,46)47)22-34(28-57(40)43(56)59)27-53-15-8-31(9-16-53)7-12-52-13-10-32(11-14-52)26-54-17-19-55(20-18-54)36-5-6-38-35(24-36)25-48-42(38)58;1-2-3-4-6(9)7-5-8;1-2-4-3-1/h2-6,21-22,24,28-32H,7-20,23,25-27H2,1H3,(H,48,58);5H,2-4H2,1H3,(H,7,8,9);1-4H2. The van der Waals surface area contributed by atoms with Gasteiger partial charge in [0.2, 0.25) is 12.3 Å². The number of nitrogens with one attached hydrogen (secondary N) is 2. The number of fused-ring (bicyclic) bond motifs is 2. The molecule has 3 aromatic heterocycles. The van der Waals surface area contributed by atoms with Gasteiger partial charge in [0.1, 0.15) is 12.2 Å². The molecule has 0 atom stereocenters. The summed E-state index contributed by atoms with van der Waals surface area (Å²) in [5, 5.41) is 13.0. The Morgan fingerprint density at radius 3 is 2.22 bits per heavy atom. The summed E-state index contributed by atoms with van der Waals surface area (Å²) in [5.74, 6) is 1.92. The lowest BCUT2D eigenvalue weighted by molar-refractivity contribution is -0.136. The zero-order valence-electron chi connectivity index (χ0n) is 42.1. The fraction of sp³-hybridized carbons (Fsp3) is 0.556. The predicted octanol–water partition coefficient (Wildman–Crippen LogP) is 7.22. The van der Waals surface area contributed by atoms with Crippen molar-refractivity contribution in [2.24, 2.45) is 18.9 Å². The number of imide groups is 1. The van der Waals surface area contributed by atoms with Crippen LogP contribution in [0.4, 0.5) is 18.9 Å². The first-order valence-electron chi connectivity index (χ1n) is 26.2. The number of pyridine rings is 1. The first-order valence-corrected chi connectivity index (χ1v) is 26.2. The van der Waals surface area contributed by atoms with Gasteiger partial charge in [-0.05, 0) is 136 Å². The van der Waals surface area contributed by atoms with Crippen LogP contribution in [0.1, 0.15) is 122 Å². The van der Waals surface area contributed by atoms with Gasteiger partial charge < -0.3 is 19.7 Å². The van der Waals surface area contributed by atoms with E-state index in [0.717, 1.165) is 124 Å². The molecule has 15 nitrogen and oxygen atoms in total. The Bertz CT molecular complexity index is 2650. The van der Waals surface area contributed by atoms with Gasteiger partial charge in [-0.1, -0.05) is 51.2 Å². The quantitative estimate of drug-likeness (QED) is 0.103. The largest absolute Gasteiger partial charge is 0.418 e. The van der Waals surface area contributed by atoms with Gasteiger partial charge in [0.05, 0.1) is 16.8 Å². The number of alkyl halides is 3. The molecule has 10 rings (SSSR count). The van der Waals surface area contributed by atoms with E-state index in [4.69, 9.17) is 0 Å². The molecule has 2 aromatic carbocycles. The van der Waals surface area contributed by atoms with Gasteiger partial charge in [-0.3, -0.25) is 38.5 Å². The number of carbonyl (C=O) groups excluding carboxylic acids is 3. The molecule has 18 heteroatoms. The molecule has 2 N–H and O–H groups in total. The van der Waals surface area contributed by atoms with Crippen LogP contribution in [-0.4, -0.2) is 122 Å². The number of rotatable bonds is 15. The number of anilines is 1. The number of nitrogens with zero attached hydrogens (tertiary/aromatic N) is 9. The Balaban J connectivity index is 0.000000469. The first kappa shape index (κ1) is 52.5. The van der Waals surface area contributed by atoms with Gasteiger partial charge in [0.25, 0.3) is 5.91 Å². The van der Waals surface area contributed by atoms with Crippen molar-refractivity contribution < 1.29 is 27.6 Å². The summed E-state index contributed by atoms with van der Waals surface area (Å²) in [6.45, 7) is 13.4. The number of aromatic nitrogens is 5. The molecule has 4 fully saturated rings. The number of benzene rings is 2. The van der Waals surface area contributed by atoms with E-state index in [1.807, 2.05) is 30.7 Å². The summed E-state index contributed by atoms with van der Waals surface area (Å²) in [4.78, 5) is 55.6. The fourth-order valence-electron chi connectivity index (χ4n) is 10.4. The number of halogens is 3. The maximum Gasteiger partial charge on any atom is 0.418 e. The summed E-state index contributed by atoms with van der Waals surface area (Å²) < 4.78 is 47.7. The summed E-state index contributed by atoms with van der Waals surface area (Å²) >= 11 is 0. The highest BCUT2D eigenvalue weighted by atomic mass is 19.4. The van der Waals surface area contributed by atoms with Gasteiger partial charge in [-0.25, -0.2) is 4.79 Å². The highest BCUT2D eigenvalue weighted by Crippen LogP contribution is 2.34. The van der Waals surface area contributed by atoms with Crippen molar-refractivity contribution in [2.45, 2.75) is 110 Å². The van der Waals surface area contributed by atoms with Crippen molar-refractivity contribution in [1.82, 2.24) is 49.1 Å². The van der Waals surface area contributed by atoms with Crippen LogP contribution in [-0.2, 0) is 42.3 Å². The number of unbranched alkanes of at least 4 members (excludes halogenated alkanes) is 1. The predicted molar refractivity (Wildman–Crippen MR) is 272 cm³/mol. The minimum Gasteiger partial charge on any atom is -0.369 e. The molecule has 72 heavy (non-hydrogen) atoms. The van der Waals surface area contributed by atoms with E-state index in [9.17, 15) is 32.3 Å². The number of aryl methyl sites for hydroxylation is 1. The molecule has 0 unspecified atom stereocenters. The van der Waals surface area contributed by atoms with Gasteiger partial charge in [-0.15, -0.1) is 10.2 Å². The lowest BCUT2D eigenvalue weighted by atomic mass is 9.91. The first-order chi connectivity index (χ1) is 34.8. The number of piperazine rings is 1. The maximum absolute atomic E-state index is 14.5. The van der Waals surface area contributed by atoms with Gasteiger partial charge in [0, 0.05) is 89.3 Å². The molecule has 388 valence electrons. The second-order valence-corrected chi connectivity index (χ2v) is 20.3. The van der Waals surface area contributed by atoms with Gasteiger partial charge >= 0.3 is 11.9 Å². The van der Waals surface area contributed by atoms with Gasteiger partial charge in [-0.2, -0.15) is 13.2 Å². The van der Waals surface area contributed by atoms with Crippen molar-refractivity contribution in [3.05, 3.63) is 111 Å². The zero-order chi connectivity index (χ0) is 50.6. The molecular weight excluding hydrogens is 924 g/mol. The van der Waals surface area contributed by atoms with Crippen LogP contribution in [0.25, 0.3) is 11.2 Å². The third-order valence-corrected chi connectivity index (χ3v) is 15.2. The molecule has 3 saturated heterocycles. The van der Waals surface area contributed by atoms with Crippen LogP contribution in [0.15, 0.2) is 72.0 Å². The normalized spacial score (nSPS) is 18.1. The van der Waals surface area contributed by atoms with Crippen LogP contribution in [0.5, 0.6) is 0 Å². The molecule has 1 saturated carbocycles. The monoisotopic (exact) mass is 996 g/mol. The van der Waals surface area contributed by atoms with Crippen LogP contribution >= 0.6 is 0 Å². The smallest absolute Gasteiger partial charge is 0.369 e. The van der Waals surface area contributed by atoms with E-state index < -0.39 is 17.4 Å².